The molecule has 0 saturated heterocycles. The molecule has 1 aromatic rings. The van der Waals surface area contributed by atoms with Crippen molar-refractivity contribution in [1.29, 1.82) is 0 Å². The van der Waals surface area contributed by atoms with Gasteiger partial charge >= 0.3 is 0 Å². The van der Waals surface area contributed by atoms with Gasteiger partial charge in [-0.1, -0.05) is 26.0 Å². The lowest BCUT2D eigenvalue weighted by Crippen LogP contribution is -2.55. The summed E-state index contributed by atoms with van der Waals surface area (Å²) in [6, 6.07) is 8.02. The van der Waals surface area contributed by atoms with Crippen LogP contribution < -0.4 is 4.74 Å². The fourth-order valence-electron chi connectivity index (χ4n) is 9.03. The standard InChI is InChI=1S/C29H42O3/c1-27(31)15-16-28(2)20(18-27)7-10-22-23-11-12-25(29(23,3)14-13-24(22)28)26(30)17-19-5-8-21(32-4)9-6-19/h5-6,8-9,20,22-25,31H,7,10-18H2,1-4H3/t20-,22+,23+,24+,25-,27-,28+,29+/m1/s1. The number of rotatable bonds is 4. The van der Waals surface area contributed by atoms with Crippen LogP contribution in [0.5, 0.6) is 5.75 Å². The van der Waals surface area contributed by atoms with Gasteiger partial charge in [0.15, 0.2) is 0 Å². The third kappa shape index (κ3) is 3.54. The molecule has 176 valence electrons. The fourth-order valence-corrected chi connectivity index (χ4v) is 9.03. The highest BCUT2D eigenvalue weighted by Gasteiger charge is 2.61. The molecule has 4 aliphatic rings. The van der Waals surface area contributed by atoms with Crippen LogP contribution in [0.4, 0.5) is 0 Å². The summed E-state index contributed by atoms with van der Waals surface area (Å²) in [6.07, 6.45) is 11.0. The zero-order valence-electron chi connectivity index (χ0n) is 20.5. The quantitative estimate of drug-likeness (QED) is 0.607. The van der Waals surface area contributed by atoms with E-state index in [1.165, 1.54) is 38.5 Å². The molecule has 3 nitrogen and oxygen atoms in total. The minimum absolute atomic E-state index is 0.175. The van der Waals surface area contributed by atoms with Gasteiger partial charge in [0.1, 0.15) is 11.5 Å². The molecule has 0 bridgehead atoms. The second-order valence-corrected chi connectivity index (χ2v) is 12.5. The number of carbonyl (C=O) groups is 1. The van der Waals surface area contributed by atoms with Gasteiger partial charge in [0.2, 0.25) is 0 Å². The number of fused-ring (bicyclic) bond motifs is 5. The third-order valence-corrected chi connectivity index (χ3v) is 10.9. The summed E-state index contributed by atoms with van der Waals surface area (Å²) in [6.45, 7) is 7.05. The van der Waals surface area contributed by atoms with Crippen LogP contribution in [0.15, 0.2) is 24.3 Å². The summed E-state index contributed by atoms with van der Waals surface area (Å²) in [5, 5.41) is 10.7. The Balaban J connectivity index is 1.32. The van der Waals surface area contributed by atoms with Crippen molar-refractivity contribution in [3.63, 3.8) is 0 Å². The minimum atomic E-state index is -0.466. The molecule has 0 radical (unpaired) electrons. The van der Waals surface area contributed by atoms with E-state index in [0.29, 0.717) is 29.5 Å². The summed E-state index contributed by atoms with van der Waals surface area (Å²) in [5.74, 6) is 4.45. The highest BCUT2D eigenvalue weighted by atomic mass is 16.5. The van der Waals surface area contributed by atoms with Gasteiger partial charge in [0.05, 0.1) is 12.7 Å². The molecule has 0 heterocycles. The van der Waals surface area contributed by atoms with E-state index in [4.69, 9.17) is 4.74 Å². The molecule has 0 aliphatic heterocycles. The molecule has 1 N–H and O–H groups in total. The molecular weight excluding hydrogens is 396 g/mol. The van der Waals surface area contributed by atoms with Crippen molar-refractivity contribution >= 4 is 5.78 Å². The Morgan fingerprint density at radius 1 is 0.938 bits per heavy atom. The van der Waals surface area contributed by atoms with E-state index in [0.717, 1.165) is 42.4 Å². The molecule has 8 atom stereocenters. The van der Waals surface area contributed by atoms with Crippen LogP contribution in [0.2, 0.25) is 0 Å². The number of methoxy groups -OCH3 is 1. The number of ether oxygens (including phenoxy) is 1. The molecular formula is C29H42O3. The van der Waals surface area contributed by atoms with E-state index < -0.39 is 5.60 Å². The summed E-state index contributed by atoms with van der Waals surface area (Å²) in [5.41, 5.74) is 1.21. The Kier molecular flexibility index (Phi) is 5.51. The molecule has 0 amide bonds. The Labute approximate surface area is 194 Å². The number of ketones is 1. The van der Waals surface area contributed by atoms with Crippen molar-refractivity contribution in [3.8, 4) is 5.75 Å². The first-order valence-electron chi connectivity index (χ1n) is 13.0. The predicted molar refractivity (Wildman–Crippen MR) is 128 cm³/mol. The van der Waals surface area contributed by atoms with Crippen LogP contribution in [-0.4, -0.2) is 23.6 Å². The highest BCUT2D eigenvalue weighted by Crippen LogP contribution is 2.68. The van der Waals surface area contributed by atoms with Crippen LogP contribution in [0.25, 0.3) is 0 Å². The van der Waals surface area contributed by atoms with Crippen molar-refractivity contribution in [3.05, 3.63) is 29.8 Å². The van der Waals surface area contributed by atoms with Crippen LogP contribution in [0.1, 0.15) is 84.1 Å². The second-order valence-electron chi connectivity index (χ2n) is 12.5. The van der Waals surface area contributed by atoms with Crippen molar-refractivity contribution in [2.24, 2.45) is 40.4 Å². The topological polar surface area (TPSA) is 46.5 Å². The molecule has 4 saturated carbocycles. The molecule has 32 heavy (non-hydrogen) atoms. The highest BCUT2D eigenvalue weighted by molar-refractivity contribution is 5.84. The molecule has 0 unspecified atom stereocenters. The van der Waals surface area contributed by atoms with Crippen LogP contribution in [-0.2, 0) is 11.2 Å². The Morgan fingerprint density at radius 2 is 1.66 bits per heavy atom. The smallest absolute Gasteiger partial charge is 0.140 e. The largest absolute Gasteiger partial charge is 0.497 e. The Bertz CT molecular complexity index is 858. The van der Waals surface area contributed by atoms with Crippen molar-refractivity contribution in [1.82, 2.24) is 0 Å². The van der Waals surface area contributed by atoms with E-state index in [1.807, 2.05) is 31.2 Å². The number of Topliss-reactive ketones (excluding diaryl/α,β-unsaturated/α-hetero) is 1. The van der Waals surface area contributed by atoms with Crippen LogP contribution in [0, 0.1) is 40.4 Å². The maximum atomic E-state index is 13.5. The third-order valence-electron chi connectivity index (χ3n) is 10.9. The van der Waals surface area contributed by atoms with Gasteiger partial charge in [-0.15, -0.1) is 0 Å². The zero-order chi connectivity index (χ0) is 22.7. The van der Waals surface area contributed by atoms with E-state index in [1.54, 1.807) is 7.11 Å². The summed E-state index contributed by atoms with van der Waals surface area (Å²) in [4.78, 5) is 13.5. The summed E-state index contributed by atoms with van der Waals surface area (Å²) >= 11 is 0. The Morgan fingerprint density at radius 3 is 2.38 bits per heavy atom. The first-order chi connectivity index (χ1) is 15.2. The molecule has 4 aliphatic carbocycles. The molecule has 0 aromatic heterocycles. The van der Waals surface area contributed by atoms with Gasteiger partial charge in [-0.2, -0.15) is 0 Å². The van der Waals surface area contributed by atoms with E-state index in [2.05, 4.69) is 13.8 Å². The molecule has 5 rings (SSSR count). The first-order valence-corrected chi connectivity index (χ1v) is 13.0. The lowest BCUT2D eigenvalue weighted by Gasteiger charge is -2.61. The van der Waals surface area contributed by atoms with Gasteiger partial charge in [-0.3, -0.25) is 4.79 Å². The average molecular weight is 439 g/mol. The SMILES string of the molecule is COc1ccc(CC(=O)[C@H]2CC[C@H]3[C@@H]4CC[C@@H]5C[C@](C)(O)CC[C@]5(C)[C@H]4CC[C@]23C)cc1. The van der Waals surface area contributed by atoms with Gasteiger partial charge in [0, 0.05) is 12.3 Å². The maximum absolute atomic E-state index is 13.5. The lowest BCUT2D eigenvalue weighted by atomic mass is 9.44. The van der Waals surface area contributed by atoms with Crippen molar-refractivity contribution in [2.45, 2.75) is 90.6 Å². The lowest BCUT2D eigenvalue weighted by molar-refractivity contribution is -0.150. The average Bonchev–Trinajstić information content (AvgIpc) is 3.12. The summed E-state index contributed by atoms with van der Waals surface area (Å²) < 4.78 is 5.27. The van der Waals surface area contributed by atoms with Gasteiger partial charge in [-0.05, 0) is 117 Å². The van der Waals surface area contributed by atoms with Crippen molar-refractivity contribution in [2.75, 3.05) is 7.11 Å². The first kappa shape index (κ1) is 22.4. The number of aliphatic hydroxyl groups is 1. The van der Waals surface area contributed by atoms with Gasteiger partial charge < -0.3 is 9.84 Å². The van der Waals surface area contributed by atoms with E-state index in [9.17, 15) is 9.90 Å². The normalized spacial score (nSPS) is 45.5. The summed E-state index contributed by atoms with van der Waals surface area (Å²) in [7, 11) is 1.68. The second kappa shape index (κ2) is 7.86. The number of hydrogen-bond donors (Lipinski definition) is 1. The number of benzene rings is 1. The van der Waals surface area contributed by atoms with E-state index >= 15 is 0 Å². The Hall–Kier alpha value is -1.35. The number of hydrogen-bond acceptors (Lipinski definition) is 3. The van der Waals surface area contributed by atoms with E-state index in [-0.39, 0.29) is 11.3 Å². The van der Waals surface area contributed by atoms with Crippen LogP contribution in [0.3, 0.4) is 0 Å². The monoisotopic (exact) mass is 438 g/mol. The van der Waals surface area contributed by atoms with Crippen molar-refractivity contribution < 1.29 is 14.6 Å². The molecule has 4 fully saturated rings. The molecule has 3 heteroatoms. The van der Waals surface area contributed by atoms with Gasteiger partial charge in [-0.25, -0.2) is 0 Å². The number of carbonyl (C=O) groups excluding carboxylic acids is 1. The fraction of sp³-hybridized carbons (Fsp3) is 0.759. The molecule has 0 spiro atoms. The zero-order valence-corrected chi connectivity index (χ0v) is 20.5. The molecule has 1 aromatic carbocycles. The van der Waals surface area contributed by atoms with Crippen LogP contribution >= 0.6 is 0 Å². The predicted octanol–water partition coefficient (Wildman–Crippen LogP) is 6.22. The minimum Gasteiger partial charge on any atom is -0.497 e. The maximum Gasteiger partial charge on any atom is 0.140 e. The van der Waals surface area contributed by atoms with Gasteiger partial charge in [0.25, 0.3) is 0 Å².